The third kappa shape index (κ3) is 4.65. The molecule has 3 aliphatic heterocycles. The van der Waals surface area contributed by atoms with Gasteiger partial charge in [-0.2, -0.15) is 0 Å². The van der Waals surface area contributed by atoms with Crippen LogP contribution in [0.4, 0.5) is 4.79 Å². The minimum Gasteiger partial charge on any atom is -0.381 e. The van der Waals surface area contributed by atoms with Crippen molar-refractivity contribution in [2.24, 2.45) is 29.1 Å². The van der Waals surface area contributed by atoms with E-state index in [1.807, 2.05) is 0 Å². The van der Waals surface area contributed by atoms with Gasteiger partial charge >= 0.3 is 6.03 Å². The number of benzene rings is 1. The van der Waals surface area contributed by atoms with Gasteiger partial charge in [-0.05, 0) is 93.9 Å². The molecular weight excluding hydrogens is 536 g/mol. The molecule has 234 valence electrons. The highest BCUT2D eigenvalue weighted by molar-refractivity contribution is 5.80. The van der Waals surface area contributed by atoms with E-state index < -0.39 is 0 Å². The molecule has 2 spiro atoms. The lowest BCUT2D eigenvalue weighted by atomic mass is 9.64. The molecule has 7 atom stereocenters. The fourth-order valence-electron chi connectivity index (χ4n) is 11.1. The lowest BCUT2D eigenvalue weighted by molar-refractivity contribution is -0.134. The summed E-state index contributed by atoms with van der Waals surface area (Å²) in [4.78, 5) is 34.4. The highest BCUT2D eigenvalue weighted by Crippen LogP contribution is 2.75. The molecule has 7 nitrogen and oxygen atoms in total. The van der Waals surface area contributed by atoms with Crippen molar-refractivity contribution in [1.29, 1.82) is 0 Å². The summed E-state index contributed by atoms with van der Waals surface area (Å²) in [7, 11) is 0. The van der Waals surface area contributed by atoms with Gasteiger partial charge in [0.1, 0.15) is 0 Å². The number of rotatable bonds is 7. The molecule has 43 heavy (non-hydrogen) atoms. The van der Waals surface area contributed by atoms with Crippen LogP contribution in [0.3, 0.4) is 0 Å². The molecule has 4 aliphatic carbocycles. The van der Waals surface area contributed by atoms with E-state index in [2.05, 4.69) is 64.2 Å². The van der Waals surface area contributed by atoms with Crippen LogP contribution >= 0.6 is 0 Å². The first kappa shape index (κ1) is 28.4. The highest BCUT2D eigenvalue weighted by atomic mass is 16.5. The number of nitrogens with zero attached hydrogens (tertiary/aromatic N) is 3. The summed E-state index contributed by atoms with van der Waals surface area (Å²) in [6, 6.07) is 12.2. The van der Waals surface area contributed by atoms with Crippen LogP contribution in [0.15, 0.2) is 30.3 Å². The van der Waals surface area contributed by atoms with Crippen molar-refractivity contribution in [3.8, 4) is 0 Å². The number of urea groups is 1. The number of amides is 3. The van der Waals surface area contributed by atoms with Crippen molar-refractivity contribution in [3.05, 3.63) is 35.9 Å². The maximum Gasteiger partial charge on any atom is 0.321 e. The second-order valence-electron chi connectivity index (χ2n) is 15.8. The summed E-state index contributed by atoms with van der Waals surface area (Å²) in [5, 5.41) is 4.21. The van der Waals surface area contributed by atoms with E-state index in [-0.39, 0.29) is 23.5 Å². The highest BCUT2D eigenvalue weighted by Gasteiger charge is 2.74. The standard InChI is InChI=1S/C36H52N4O3/c1-24(2)40-34(42)39(29-12-14-43-15-13-29)23-35(40)18-32(36(22-35)17-27-16-31(27)36)37-19-28-20-38(33(41)26-10-6-7-11-26)21-30(28)25-8-4-3-5-9-25/h3-5,8-9,24,26-32,37H,6-7,10-23H2,1-2H3/t27?,28?,30-,31?,32?,35?,36?/m1/s1. The fourth-order valence-corrected chi connectivity index (χ4v) is 11.1. The Morgan fingerprint density at radius 3 is 2.49 bits per heavy atom. The number of fused-ring (bicyclic) bond motifs is 2. The first-order valence-electron chi connectivity index (χ1n) is 17.6. The Bertz CT molecular complexity index is 1210. The van der Waals surface area contributed by atoms with Crippen molar-refractivity contribution in [1.82, 2.24) is 20.0 Å². The Hall–Kier alpha value is -2.12. The number of carbonyl (C=O) groups excluding carboxylic acids is 2. The van der Waals surface area contributed by atoms with Gasteiger partial charge in [-0.1, -0.05) is 43.2 Å². The van der Waals surface area contributed by atoms with Gasteiger partial charge in [0.05, 0.1) is 5.54 Å². The molecule has 7 aliphatic rings. The average Bonchev–Trinajstić information content (AvgIpc) is 3.51. The van der Waals surface area contributed by atoms with E-state index in [4.69, 9.17) is 4.74 Å². The first-order valence-corrected chi connectivity index (χ1v) is 17.6. The van der Waals surface area contributed by atoms with Crippen LogP contribution in [0.1, 0.15) is 89.5 Å². The molecule has 1 aromatic rings. The summed E-state index contributed by atoms with van der Waals surface area (Å²) >= 11 is 0. The van der Waals surface area contributed by atoms with E-state index >= 15 is 0 Å². The molecular formula is C36H52N4O3. The molecule has 1 aromatic carbocycles. The molecule has 8 rings (SSSR count). The van der Waals surface area contributed by atoms with Crippen LogP contribution < -0.4 is 5.32 Å². The second-order valence-corrected chi connectivity index (χ2v) is 15.8. The summed E-state index contributed by atoms with van der Waals surface area (Å²) < 4.78 is 5.67. The zero-order chi connectivity index (χ0) is 29.3. The molecule has 1 N–H and O–H groups in total. The monoisotopic (exact) mass is 588 g/mol. The van der Waals surface area contributed by atoms with Gasteiger partial charge < -0.3 is 24.8 Å². The second kappa shape index (κ2) is 10.8. The number of likely N-dealkylation sites (tertiary alicyclic amines) is 1. The summed E-state index contributed by atoms with van der Waals surface area (Å²) in [6.07, 6.45) is 11.4. The van der Waals surface area contributed by atoms with Crippen LogP contribution in [0.5, 0.6) is 0 Å². The lowest BCUT2D eigenvalue weighted by Crippen LogP contribution is -2.50. The number of hydrogen-bond acceptors (Lipinski definition) is 4. The normalized spacial score (nSPS) is 39.5. The Morgan fingerprint density at radius 2 is 1.81 bits per heavy atom. The zero-order valence-electron chi connectivity index (χ0n) is 26.4. The van der Waals surface area contributed by atoms with E-state index in [1.54, 1.807) is 0 Å². The Labute approximate surface area is 258 Å². The van der Waals surface area contributed by atoms with Gasteiger partial charge in [0.2, 0.25) is 5.91 Å². The molecule has 6 unspecified atom stereocenters. The average molecular weight is 589 g/mol. The quantitative estimate of drug-likeness (QED) is 0.472. The van der Waals surface area contributed by atoms with Crippen molar-refractivity contribution in [3.63, 3.8) is 0 Å². The third-order valence-electron chi connectivity index (χ3n) is 13.1. The summed E-state index contributed by atoms with van der Waals surface area (Å²) in [5.41, 5.74) is 1.62. The number of carbonyl (C=O) groups is 2. The molecule has 7 heteroatoms. The molecule has 0 aromatic heterocycles. The fraction of sp³-hybridized carbons (Fsp3) is 0.778. The number of ether oxygens (including phenoxy) is 1. The predicted octanol–water partition coefficient (Wildman–Crippen LogP) is 5.26. The largest absolute Gasteiger partial charge is 0.381 e. The molecule has 3 saturated heterocycles. The van der Waals surface area contributed by atoms with Crippen molar-refractivity contribution in [2.45, 2.75) is 108 Å². The van der Waals surface area contributed by atoms with E-state index in [9.17, 15) is 9.59 Å². The smallest absolute Gasteiger partial charge is 0.321 e. The van der Waals surface area contributed by atoms with Gasteiger partial charge in [-0.25, -0.2) is 4.79 Å². The lowest BCUT2D eigenvalue weighted by Gasteiger charge is -2.45. The van der Waals surface area contributed by atoms with Crippen LogP contribution in [-0.2, 0) is 9.53 Å². The zero-order valence-corrected chi connectivity index (χ0v) is 26.4. The van der Waals surface area contributed by atoms with Gasteiger partial charge in [0, 0.05) is 69.4 Å². The minimum absolute atomic E-state index is 0.0756. The van der Waals surface area contributed by atoms with E-state index in [0.717, 1.165) is 89.8 Å². The summed E-state index contributed by atoms with van der Waals surface area (Å²) in [5.74, 6) is 3.19. The number of nitrogens with one attached hydrogen (secondary N) is 1. The van der Waals surface area contributed by atoms with E-state index in [0.29, 0.717) is 35.2 Å². The molecule has 7 fully saturated rings. The first-order chi connectivity index (χ1) is 20.9. The van der Waals surface area contributed by atoms with Gasteiger partial charge in [-0.3, -0.25) is 4.79 Å². The SMILES string of the molecule is CC(C)N1C(=O)N(C2CCOCC2)CC12CC(NCC1CN(C(=O)C3CCCC3)C[C@@H]1c1ccccc1)C1(CC3CC31)C2. The van der Waals surface area contributed by atoms with Crippen molar-refractivity contribution in [2.75, 3.05) is 39.4 Å². The molecule has 4 saturated carbocycles. The maximum atomic E-state index is 14.1. The minimum atomic E-state index is -0.0756. The molecule has 0 bridgehead atoms. The van der Waals surface area contributed by atoms with Crippen LogP contribution in [0.25, 0.3) is 0 Å². The molecule has 3 heterocycles. The van der Waals surface area contributed by atoms with Crippen molar-refractivity contribution < 1.29 is 14.3 Å². The Morgan fingerprint density at radius 1 is 1.05 bits per heavy atom. The summed E-state index contributed by atoms with van der Waals surface area (Å²) in [6.45, 7) is 9.54. The predicted molar refractivity (Wildman–Crippen MR) is 167 cm³/mol. The van der Waals surface area contributed by atoms with E-state index in [1.165, 1.54) is 31.2 Å². The van der Waals surface area contributed by atoms with Crippen LogP contribution in [0.2, 0.25) is 0 Å². The van der Waals surface area contributed by atoms with Crippen LogP contribution in [0, 0.1) is 29.1 Å². The Balaban J connectivity index is 1.03. The Kier molecular flexibility index (Phi) is 7.09. The third-order valence-corrected chi connectivity index (χ3v) is 13.1. The van der Waals surface area contributed by atoms with Crippen molar-refractivity contribution >= 4 is 11.9 Å². The molecule has 0 radical (unpaired) electrons. The maximum absolute atomic E-state index is 14.1. The van der Waals surface area contributed by atoms with Crippen LogP contribution in [-0.4, -0.2) is 89.7 Å². The number of hydrogen-bond donors (Lipinski definition) is 1. The van der Waals surface area contributed by atoms with Gasteiger partial charge in [0.15, 0.2) is 0 Å². The topological polar surface area (TPSA) is 65.1 Å². The van der Waals surface area contributed by atoms with Gasteiger partial charge in [-0.15, -0.1) is 0 Å². The molecule has 3 amide bonds. The van der Waals surface area contributed by atoms with Gasteiger partial charge in [0.25, 0.3) is 0 Å².